The second-order valence-corrected chi connectivity index (χ2v) is 18.5. The summed E-state index contributed by atoms with van der Waals surface area (Å²) in [6.45, 7) is 17.0. The van der Waals surface area contributed by atoms with Crippen LogP contribution in [0, 0.1) is 30.6 Å². The van der Waals surface area contributed by atoms with Crippen LogP contribution in [0.1, 0.15) is 64.4 Å². The summed E-state index contributed by atoms with van der Waals surface area (Å²) in [4.78, 5) is 65.3. The van der Waals surface area contributed by atoms with Gasteiger partial charge in [0, 0.05) is 106 Å². The number of methoxy groups -OCH3 is 1. The molecule has 5 N–H and O–H groups in total. The molecule has 0 unspecified atom stereocenters. The zero-order valence-electron chi connectivity index (χ0n) is 40.1. The lowest BCUT2D eigenvalue weighted by Crippen LogP contribution is -2.46. The molecule has 4 heterocycles. The predicted molar refractivity (Wildman–Crippen MR) is 252 cm³/mol. The molecule has 0 radical (unpaired) electrons. The van der Waals surface area contributed by atoms with E-state index in [0.717, 1.165) is 26.2 Å². The van der Waals surface area contributed by atoms with E-state index in [2.05, 4.69) is 22.2 Å². The zero-order valence-corrected chi connectivity index (χ0v) is 40.1. The van der Waals surface area contributed by atoms with E-state index in [1.165, 1.54) is 65.4 Å². The van der Waals surface area contributed by atoms with Crippen LogP contribution < -0.4 is 20.2 Å². The van der Waals surface area contributed by atoms with Gasteiger partial charge in [0.25, 0.3) is 11.7 Å². The standard InChI is InChI=1S/C50H62N4O14/c1-24-12-11-13-25(2)49(62)52-40-44(60)36-35(39-47(40)67-34-23-31(22-32(56)38(34)51-39)64-21-19-54-17-15-53(9)16-18-54)37-46(29(6)43(36)59)68-50(8,48(37)61)65-20-14-33(63-10)26(3)45(66-30(7)55)28(5)42(58)27(4)41(24)57/h11-14,20,22-24,26-28,33,41-42,45,56-59H,15-19,21H2,1-10H3,(H,52,62)/b12-11+,20-14+,25-13-/t24-,26+,27+,28+,33-,41-,42+,45+,50-/m0/s1. The van der Waals surface area contributed by atoms with Crippen LogP contribution in [0.3, 0.4) is 0 Å². The van der Waals surface area contributed by atoms with Gasteiger partial charge in [-0.05, 0) is 27.0 Å². The van der Waals surface area contributed by atoms with Gasteiger partial charge in [0.1, 0.15) is 52.6 Å². The van der Waals surface area contributed by atoms with E-state index < -0.39 is 88.4 Å². The van der Waals surface area contributed by atoms with Crippen LogP contribution in [0.2, 0.25) is 0 Å². The number of aliphatic hydroxyl groups excluding tert-OH is 2. The highest BCUT2D eigenvalue weighted by Crippen LogP contribution is 2.51. The quantitative estimate of drug-likeness (QED) is 0.0939. The van der Waals surface area contributed by atoms with Crippen molar-refractivity contribution in [2.45, 2.75) is 85.6 Å². The summed E-state index contributed by atoms with van der Waals surface area (Å²) in [5.41, 5.74) is -1.60. The summed E-state index contributed by atoms with van der Waals surface area (Å²) in [7, 11) is 3.50. The number of benzene rings is 3. The van der Waals surface area contributed by atoms with Crippen molar-refractivity contribution in [2.75, 3.05) is 58.8 Å². The number of ether oxygens (including phenoxy) is 5. The van der Waals surface area contributed by atoms with Gasteiger partial charge in [-0.3, -0.25) is 24.1 Å². The van der Waals surface area contributed by atoms with Gasteiger partial charge in [-0.15, -0.1) is 0 Å². The number of carbonyl (C=O) groups excluding carboxylic acids is 3. The van der Waals surface area contributed by atoms with Crippen LogP contribution in [0.15, 0.2) is 57.5 Å². The Morgan fingerprint density at radius 2 is 1.68 bits per heavy atom. The van der Waals surface area contributed by atoms with Gasteiger partial charge in [-0.25, -0.2) is 4.98 Å². The van der Waals surface area contributed by atoms with E-state index in [9.17, 15) is 39.6 Å². The molecule has 2 aromatic rings. The fourth-order valence-corrected chi connectivity index (χ4v) is 9.31. The fraction of sp³-hybridized carbons (Fsp3) is 0.500. The van der Waals surface area contributed by atoms with Crippen molar-refractivity contribution in [2.24, 2.45) is 23.7 Å². The number of phenols is 2. The molecular formula is C50H62N4O14. The first kappa shape index (κ1) is 49.8. The first-order valence-corrected chi connectivity index (χ1v) is 22.8. The number of carbonyl (C=O) groups is 3. The number of aromatic hydroxyl groups is 2. The molecule has 4 bridgehead atoms. The fourth-order valence-electron chi connectivity index (χ4n) is 9.31. The summed E-state index contributed by atoms with van der Waals surface area (Å²) in [6.07, 6.45) is 3.41. The molecule has 68 heavy (non-hydrogen) atoms. The highest BCUT2D eigenvalue weighted by atomic mass is 16.7. The van der Waals surface area contributed by atoms with Crippen LogP contribution in [0.5, 0.6) is 23.0 Å². The number of rotatable bonds is 6. The van der Waals surface area contributed by atoms with E-state index in [-0.39, 0.29) is 67.3 Å². The molecule has 2 aromatic carbocycles. The van der Waals surface area contributed by atoms with Crippen LogP contribution in [-0.4, -0.2) is 137 Å². The Hall–Kier alpha value is -6.05. The number of fused-ring (bicyclic) bond motifs is 2. The molecule has 5 aliphatic rings. The van der Waals surface area contributed by atoms with E-state index in [1.54, 1.807) is 39.8 Å². The number of aromatic nitrogens is 1. The molecule has 0 saturated carbocycles. The van der Waals surface area contributed by atoms with E-state index >= 15 is 0 Å². The summed E-state index contributed by atoms with van der Waals surface area (Å²) in [5.74, 6) is -7.82. The third kappa shape index (κ3) is 9.52. The Kier molecular flexibility index (Phi) is 14.6. The number of aliphatic hydroxyl groups is 2. The second-order valence-electron chi connectivity index (χ2n) is 18.5. The summed E-state index contributed by atoms with van der Waals surface area (Å²) < 4.78 is 36.3. The van der Waals surface area contributed by atoms with Gasteiger partial charge in [-0.1, -0.05) is 45.9 Å². The minimum absolute atomic E-state index is 0.0160. The lowest BCUT2D eigenvalue weighted by Gasteiger charge is -2.38. The molecule has 0 spiro atoms. The van der Waals surface area contributed by atoms with Gasteiger partial charge in [0.2, 0.25) is 5.43 Å². The second kappa shape index (κ2) is 19.9. The molecule has 1 saturated heterocycles. The SMILES string of the molecule is CO[C@H]1/C=C/O[C@@]2(C)Oc3c(C)c(O)c4c(=O)c(c5oc6cc(OCCN7CCN(C)CC7)cc(O)c6nc-5c4c3C2=O)NC(=O)/C(C)=C\C=C\[C@H](C)[C@H](O)[C@@H](C)[C@@H](O)[C@@H](C)[C@H](OC(C)=O)[C@@H]1C. The lowest BCUT2D eigenvalue weighted by molar-refractivity contribution is -0.160. The molecule has 1 amide bonds. The van der Waals surface area contributed by atoms with Crippen LogP contribution in [-0.2, 0) is 23.8 Å². The van der Waals surface area contributed by atoms with Crippen molar-refractivity contribution in [3.05, 3.63) is 69.6 Å². The topological polar surface area (TPSA) is 240 Å². The van der Waals surface area contributed by atoms with Gasteiger partial charge >= 0.3 is 11.8 Å². The number of anilines is 1. The normalized spacial score (nSPS) is 29.6. The monoisotopic (exact) mass is 942 g/mol. The van der Waals surface area contributed by atoms with E-state index in [1.807, 2.05) is 0 Å². The maximum atomic E-state index is 14.8. The molecule has 18 heteroatoms. The summed E-state index contributed by atoms with van der Waals surface area (Å²) >= 11 is 0. The lowest BCUT2D eigenvalue weighted by atomic mass is 9.78. The van der Waals surface area contributed by atoms with Crippen LogP contribution in [0.25, 0.3) is 33.3 Å². The third-order valence-corrected chi connectivity index (χ3v) is 13.7. The highest BCUT2D eigenvalue weighted by Gasteiger charge is 2.50. The number of nitrogens with one attached hydrogen (secondary N) is 1. The number of hydrogen-bond donors (Lipinski definition) is 5. The Bertz CT molecular complexity index is 2720. The molecule has 366 valence electrons. The average molecular weight is 943 g/mol. The number of piperazine rings is 1. The van der Waals surface area contributed by atoms with E-state index in [0.29, 0.717) is 13.2 Å². The summed E-state index contributed by atoms with van der Waals surface area (Å²) in [6, 6.07) is 2.88. The minimum atomic E-state index is -2.09. The Balaban J connectivity index is 1.39. The predicted octanol–water partition coefficient (Wildman–Crippen LogP) is 5.28. The maximum absolute atomic E-state index is 14.8. The number of esters is 1. The number of phenolic OH excluding ortho intramolecular Hbond substituents is 2. The molecule has 4 aliphatic heterocycles. The molecule has 18 nitrogen and oxygen atoms in total. The molecule has 9 atom stereocenters. The minimum Gasteiger partial charge on any atom is -0.507 e. The number of amides is 1. The largest absolute Gasteiger partial charge is 0.507 e. The van der Waals surface area contributed by atoms with Crippen molar-refractivity contribution in [3.63, 3.8) is 0 Å². The van der Waals surface area contributed by atoms with Gasteiger partial charge < -0.3 is 58.7 Å². The number of Topliss-reactive ketones (excluding diaryl/α,β-unsaturated/α-hetero) is 1. The number of hydrogen-bond acceptors (Lipinski definition) is 17. The van der Waals surface area contributed by atoms with Gasteiger partial charge in [0.15, 0.2) is 11.3 Å². The van der Waals surface area contributed by atoms with Gasteiger partial charge in [-0.2, -0.15) is 0 Å². The average Bonchev–Trinajstić information content (AvgIpc) is 3.57. The van der Waals surface area contributed by atoms with Crippen molar-refractivity contribution < 1.29 is 62.9 Å². The zero-order chi connectivity index (χ0) is 49.5. The van der Waals surface area contributed by atoms with Gasteiger partial charge in [0.05, 0.1) is 35.5 Å². The van der Waals surface area contributed by atoms with Crippen molar-refractivity contribution >= 4 is 45.2 Å². The number of ketones is 1. The van der Waals surface area contributed by atoms with Crippen LogP contribution in [0.4, 0.5) is 5.69 Å². The third-order valence-electron chi connectivity index (χ3n) is 13.7. The Morgan fingerprint density at radius 1 is 0.971 bits per heavy atom. The number of likely N-dealkylation sites (N-methyl/N-ethyl adjacent to an activating group) is 1. The van der Waals surface area contributed by atoms with Crippen molar-refractivity contribution in [1.82, 2.24) is 14.8 Å². The van der Waals surface area contributed by atoms with Crippen molar-refractivity contribution in [3.8, 4) is 34.5 Å². The maximum Gasteiger partial charge on any atom is 0.312 e. The number of allylic oxidation sites excluding steroid dienone is 2. The molecule has 7 rings (SSSR count). The molecule has 1 fully saturated rings. The Labute approximate surface area is 394 Å². The van der Waals surface area contributed by atoms with E-state index in [4.69, 9.17) is 33.1 Å². The van der Waals surface area contributed by atoms with Crippen LogP contribution >= 0.6 is 0 Å². The molecule has 0 aromatic heterocycles. The number of nitrogens with zero attached hydrogens (tertiary/aromatic N) is 3. The first-order valence-electron chi connectivity index (χ1n) is 22.8. The molecule has 1 aliphatic carbocycles. The first-order chi connectivity index (χ1) is 32.2. The van der Waals surface area contributed by atoms with Crippen molar-refractivity contribution in [1.29, 1.82) is 0 Å². The summed E-state index contributed by atoms with van der Waals surface area (Å²) in [5, 5.41) is 48.4. The highest BCUT2D eigenvalue weighted by molar-refractivity contribution is 6.22. The Morgan fingerprint density at radius 3 is 2.35 bits per heavy atom. The molecular weight excluding hydrogens is 881 g/mol. The smallest absolute Gasteiger partial charge is 0.312 e.